The van der Waals surface area contributed by atoms with Crippen molar-refractivity contribution in [1.29, 1.82) is 0 Å². The van der Waals surface area contributed by atoms with Crippen molar-refractivity contribution in [2.45, 2.75) is 6.61 Å². The first kappa shape index (κ1) is 10.2. The molecule has 0 aliphatic carbocycles. The summed E-state index contributed by atoms with van der Waals surface area (Å²) in [5, 5.41) is 8.93. The molecule has 0 aromatic heterocycles. The van der Waals surface area contributed by atoms with Gasteiger partial charge in [0, 0.05) is 12.3 Å². The van der Waals surface area contributed by atoms with E-state index in [0.29, 0.717) is 11.5 Å². The SMILES string of the molecule is COc1cc(CO)cc(OSC)c1. The molecule has 0 aliphatic heterocycles. The fourth-order valence-corrected chi connectivity index (χ4v) is 1.27. The molecule has 4 heteroatoms. The first-order chi connectivity index (χ1) is 6.30. The average molecular weight is 200 g/mol. The van der Waals surface area contributed by atoms with Crippen molar-refractivity contribution in [2.24, 2.45) is 0 Å². The summed E-state index contributed by atoms with van der Waals surface area (Å²) in [4.78, 5) is 0. The summed E-state index contributed by atoms with van der Waals surface area (Å²) in [6, 6.07) is 5.32. The van der Waals surface area contributed by atoms with Crippen LogP contribution in [-0.2, 0) is 6.61 Å². The maximum absolute atomic E-state index is 8.93. The van der Waals surface area contributed by atoms with E-state index in [1.165, 1.54) is 12.0 Å². The van der Waals surface area contributed by atoms with Crippen molar-refractivity contribution in [3.63, 3.8) is 0 Å². The van der Waals surface area contributed by atoms with Gasteiger partial charge < -0.3 is 14.0 Å². The van der Waals surface area contributed by atoms with Gasteiger partial charge in [0.05, 0.1) is 25.8 Å². The third kappa shape index (κ3) is 2.82. The van der Waals surface area contributed by atoms with E-state index in [2.05, 4.69) is 0 Å². The lowest BCUT2D eigenvalue weighted by Crippen LogP contribution is -1.89. The summed E-state index contributed by atoms with van der Waals surface area (Å²) in [6.07, 6.45) is 1.83. The van der Waals surface area contributed by atoms with Crippen LogP contribution in [0.2, 0.25) is 0 Å². The van der Waals surface area contributed by atoms with Crippen LogP contribution < -0.4 is 8.92 Å². The Morgan fingerprint density at radius 1 is 1.31 bits per heavy atom. The molecule has 1 aromatic carbocycles. The van der Waals surface area contributed by atoms with E-state index in [9.17, 15) is 0 Å². The lowest BCUT2D eigenvalue weighted by atomic mass is 10.2. The normalized spacial score (nSPS) is 9.77. The summed E-state index contributed by atoms with van der Waals surface area (Å²) in [6.45, 7) is -0.0120. The van der Waals surface area contributed by atoms with E-state index >= 15 is 0 Å². The number of methoxy groups -OCH3 is 1. The summed E-state index contributed by atoms with van der Waals surface area (Å²) >= 11 is 1.26. The van der Waals surface area contributed by atoms with Gasteiger partial charge in [0.1, 0.15) is 11.5 Å². The predicted octanol–water partition coefficient (Wildman–Crippen LogP) is 1.84. The zero-order valence-electron chi connectivity index (χ0n) is 7.61. The number of benzene rings is 1. The Hall–Kier alpha value is -0.870. The number of aliphatic hydroxyl groups is 1. The smallest absolute Gasteiger partial charge is 0.141 e. The third-order valence-electron chi connectivity index (χ3n) is 1.54. The van der Waals surface area contributed by atoms with Gasteiger partial charge in [0.2, 0.25) is 0 Å². The van der Waals surface area contributed by atoms with Crippen molar-refractivity contribution < 1.29 is 14.0 Å². The van der Waals surface area contributed by atoms with Gasteiger partial charge in [-0.05, 0) is 17.7 Å². The molecule has 3 nitrogen and oxygen atoms in total. The van der Waals surface area contributed by atoms with Crippen molar-refractivity contribution >= 4 is 12.0 Å². The second kappa shape index (κ2) is 4.99. The van der Waals surface area contributed by atoms with Crippen LogP contribution in [0, 0.1) is 0 Å². The van der Waals surface area contributed by atoms with E-state index in [1.807, 2.05) is 6.26 Å². The van der Waals surface area contributed by atoms with E-state index < -0.39 is 0 Å². The van der Waals surface area contributed by atoms with Gasteiger partial charge in [0.25, 0.3) is 0 Å². The molecule has 1 N–H and O–H groups in total. The fraction of sp³-hybridized carbons (Fsp3) is 0.333. The second-order valence-electron chi connectivity index (χ2n) is 2.42. The molecule has 0 unspecified atom stereocenters. The maximum Gasteiger partial charge on any atom is 0.141 e. The molecule has 0 fully saturated rings. The van der Waals surface area contributed by atoms with Gasteiger partial charge >= 0.3 is 0 Å². The molecule has 0 heterocycles. The van der Waals surface area contributed by atoms with Crippen LogP contribution in [0.1, 0.15) is 5.56 Å². The van der Waals surface area contributed by atoms with Crippen LogP contribution in [0.5, 0.6) is 11.5 Å². The lowest BCUT2D eigenvalue weighted by molar-refractivity contribution is 0.280. The Bertz CT molecular complexity index is 253. The fourth-order valence-electron chi connectivity index (χ4n) is 0.984. The van der Waals surface area contributed by atoms with Gasteiger partial charge in [-0.2, -0.15) is 0 Å². The molecule has 0 saturated heterocycles. The number of aliphatic hydroxyl groups excluding tert-OH is 1. The van der Waals surface area contributed by atoms with Gasteiger partial charge in [-0.3, -0.25) is 0 Å². The first-order valence-electron chi connectivity index (χ1n) is 3.79. The van der Waals surface area contributed by atoms with Crippen molar-refractivity contribution in [3.05, 3.63) is 23.8 Å². The molecule has 1 rings (SSSR count). The Morgan fingerprint density at radius 3 is 2.54 bits per heavy atom. The van der Waals surface area contributed by atoms with Crippen LogP contribution in [0.4, 0.5) is 0 Å². The van der Waals surface area contributed by atoms with Gasteiger partial charge in [-0.15, -0.1) is 0 Å². The zero-order valence-corrected chi connectivity index (χ0v) is 8.43. The Morgan fingerprint density at radius 2 is 2.00 bits per heavy atom. The molecule has 0 aliphatic rings. The summed E-state index contributed by atoms with van der Waals surface area (Å²) in [5.74, 6) is 1.38. The van der Waals surface area contributed by atoms with Gasteiger partial charge in [-0.1, -0.05) is 0 Å². The minimum atomic E-state index is -0.0120. The molecule has 0 atom stereocenters. The molecule has 1 aromatic rings. The maximum atomic E-state index is 8.93. The quantitative estimate of drug-likeness (QED) is 0.753. The summed E-state index contributed by atoms with van der Waals surface area (Å²) in [7, 11) is 1.58. The van der Waals surface area contributed by atoms with Crippen LogP contribution in [-0.4, -0.2) is 18.5 Å². The summed E-state index contributed by atoms with van der Waals surface area (Å²) in [5.41, 5.74) is 0.781. The Balaban J connectivity index is 2.93. The monoisotopic (exact) mass is 200 g/mol. The minimum Gasteiger partial charge on any atom is -0.497 e. The van der Waals surface area contributed by atoms with Gasteiger partial charge in [0.15, 0.2) is 0 Å². The Labute approximate surface area is 81.9 Å². The highest BCUT2D eigenvalue weighted by Crippen LogP contribution is 2.24. The van der Waals surface area contributed by atoms with Crippen LogP contribution in [0.3, 0.4) is 0 Å². The largest absolute Gasteiger partial charge is 0.497 e. The van der Waals surface area contributed by atoms with E-state index in [0.717, 1.165) is 5.56 Å². The molecule has 0 bridgehead atoms. The number of hydrogen-bond donors (Lipinski definition) is 1. The van der Waals surface area contributed by atoms with Gasteiger partial charge in [-0.25, -0.2) is 0 Å². The van der Waals surface area contributed by atoms with Crippen LogP contribution >= 0.6 is 12.0 Å². The molecule has 0 amide bonds. The number of hydrogen-bond acceptors (Lipinski definition) is 4. The standard InChI is InChI=1S/C9H12O3S/c1-11-8-3-7(6-10)4-9(5-8)12-13-2/h3-5,10H,6H2,1-2H3. The van der Waals surface area contributed by atoms with Crippen molar-refractivity contribution in [3.8, 4) is 11.5 Å². The predicted molar refractivity (Wildman–Crippen MR) is 53.1 cm³/mol. The zero-order chi connectivity index (χ0) is 9.68. The molecular weight excluding hydrogens is 188 g/mol. The minimum absolute atomic E-state index is 0.0120. The number of rotatable bonds is 4. The highest BCUT2D eigenvalue weighted by atomic mass is 32.2. The van der Waals surface area contributed by atoms with Crippen molar-refractivity contribution in [1.82, 2.24) is 0 Å². The van der Waals surface area contributed by atoms with E-state index in [-0.39, 0.29) is 6.61 Å². The topological polar surface area (TPSA) is 38.7 Å². The highest BCUT2D eigenvalue weighted by molar-refractivity contribution is 7.94. The molecule has 0 spiro atoms. The van der Waals surface area contributed by atoms with Crippen LogP contribution in [0.15, 0.2) is 18.2 Å². The molecule has 72 valence electrons. The Kier molecular flexibility index (Phi) is 3.92. The molecular formula is C9H12O3S. The summed E-state index contributed by atoms with van der Waals surface area (Å²) < 4.78 is 10.3. The van der Waals surface area contributed by atoms with E-state index in [1.54, 1.807) is 25.3 Å². The molecule has 0 saturated carbocycles. The third-order valence-corrected chi connectivity index (χ3v) is 1.90. The lowest BCUT2D eigenvalue weighted by Gasteiger charge is -2.06. The number of ether oxygens (including phenoxy) is 1. The first-order valence-corrected chi connectivity index (χ1v) is 4.94. The van der Waals surface area contributed by atoms with Crippen molar-refractivity contribution in [2.75, 3.05) is 13.4 Å². The highest BCUT2D eigenvalue weighted by Gasteiger charge is 2.01. The van der Waals surface area contributed by atoms with Crippen LogP contribution in [0.25, 0.3) is 0 Å². The molecule has 0 radical (unpaired) electrons. The second-order valence-corrected chi connectivity index (χ2v) is 2.92. The molecule has 13 heavy (non-hydrogen) atoms. The van der Waals surface area contributed by atoms with E-state index in [4.69, 9.17) is 14.0 Å². The average Bonchev–Trinajstić information content (AvgIpc) is 2.17.